The van der Waals surface area contributed by atoms with Crippen molar-refractivity contribution in [3.05, 3.63) is 39.9 Å². The molecule has 0 aromatic carbocycles. The number of hydrogen-bond acceptors (Lipinski definition) is 5. The van der Waals surface area contributed by atoms with Crippen LogP contribution < -0.4 is 0 Å². The Labute approximate surface area is 120 Å². The number of carbonyl (C=O) groups is 1. The minimum absolute atomic E-state index is 0.00435. The normalized spacial score (nSPS) is 22.4. The van der Waals surface area contributed by atoms with Gasteiger partial charge >= 0.3 is 0 Å². The SMILES string of the molecule is Cc1cc(C[C@@H]2CN(C(=O)c3cccs3)C[C@@H]2O)on1. The van der Waals surface area contributed by atoms with E-state index in [1.54, 1.807) is 4.90 Å². The second kappa shape index (κ2) is 5.38. The summed E-state index contributed by atoms with van der Waals surface area (Å²) in [5.74, 6) is 0.763. The Bertz CT molecular complexity index is 593. The fourth-order valence-corrected chi connectivity index (χ4v) is 3.24. The lowest BCUT2D eigenvalue weighted by molar-refractivity contribution is 0.0769. The third-order valence-corrected chi connectivity index (χ3v) is 4.42. The molecule has 20 heavy (non-hydrogen) atoms. The number of thiophene rings is 1. The second-order valence-corrected chi connectivity index (χ2v) is 6.10. The first-order valence-electron chi connectivity index (χ1n) is 6.56. The molecule has 5 nitrogen and oxygen atoms in total. The predicted molar refractivity (Wildman–Crippen MR) is 74.7 cm³/mol. The van der Waals surface area contributed by atoms with Crippen molar-refractivity contribution >= 4 is 17.2 Å². The summed E-state index contributed by atoms with van der Waals surface area (Å²) < 4.78 is 5.18. The lowest BCUT2D eigenvalue weighted by Gasteiger charge is -2.14. The summed E-state index contributed by atoms with van der Waals surface area (Å²) in [5, 5.41) is 15.8. The van der Waals surface area contributed by atoms with Crippen molar-refractivity contribution < 1.29 is 14.4 Å². The number of aryl methyl sites for hydroxylation is 1. The van der Waals surface area contributed by atoms with Gasteiger partial charge in [-0.15, -0.1) is 11.3 Å². The first-order valence-corrected chi connectivity index (χ1v) is 7.44. The van der Waals surface area contributed by atoms with Gasteiger partial charge in [0, 0.05) is 31.5 Å². The Morgan fingerprint density at radius 3 is 3.10 bits per heavy atom. The Morgan fingerprint density at radius 1 is 1.60 bits per heavy atom. The molecule has 0 saturated carbocycles. The van der Waals surface area contributed by atoms with Gasteiger partial charge in [0.25, 0.3) is 5.91 Å². The number of β-amino-alcohol motifs (C(OH)–C–C–N with tert-alkyl or cyclic N) is 1. The summed E-state index contributed by atoms with van der Waals surface area (Å²) in [6.45, 7) is 2.80. The largest absolute Gasteiger partial charge is 0.391 e. The van der Waals surface area contributed by atoms with Gasteiger partial charge < -0.3 is 14.5 Å². The van der Waals surface area contributed by atoms with Crippen molar-refractivity contribution in [2.75, 3.05) is 13.1 Å². The molecule has 1 fully saturated rings. The Morgan fingerprint density at radius 2 is 2.45 bits per heavy atom. The van der Waals surface area contributed by atoms with Gasteiger partial charge in [0.2, 0.25) is 0 Å². The van der Waals surface area contributed by atoms with Crippen molar-refractivity contribution in [3.63, 3.8) is 0 Å². The van der Waals surface area contributed by atoms with E-state index >= 15 is 0 Å². The van der Waals surface area contributed by atoms with E-state index in [9.17, 15) is 9.90 Å². The van der Waals surface area contributed by atoms with Crippen LogP contribution in [-0.4, -0.2) is 40.3 Å². The summed E-state index contributed by atoms with van der Waals surface area (Å²) in [6.07, 6.45) is 0.0975. The predicted octanol–water partition coefficient (Wildman–Crippen LogP) is 1.72. The molecule has 3 heterocycles. The molecule has 1 amide bonds. The van der Waals surface area contributed by atoms with Crippen LogP contribution in [-0.2, 0) is 6.42 Å². The minimum atomic E-state index is -0.510. The van der Waals surface area contributed by atoms with E-state index in [4.69, 9.17) is 4.52 Å². The van der Waals surface area contributed by atoms with E-state index in [1.807, 2.05) is 30.5 Å². The summed E-state index contributed by atoms with van der Waals surface area (Å²) >= 11 is 1.43. The first kappa shape index (κ1) is 13.3. The van der Waals surface area contributed by atoms with Crippen molar-refractivity contribution in [2.45, 2.75) is 19.4 Å². The number of aromatic nitrogens is 1. The monoisotopic (exact) mass is 292 g/mol. The van der Waals surface area contributed by atoms with Gasteiger partial charge in [-0.25, -0.2) is 0 Å². The van der Waals surface area contributed by atoms with E-state index < -0.39 is 6.10 Å². The molecule has 0 unspecified atom stereocenters. The zero-order valence-corrected chi connectivity index (χ0v) is 12.0. The highest BCUT2D eigenvalue weighted by molar-refractivity contribution is 7.12. The van der Waals surface area contributed by atoms with Crippen LogP contribution in [0.4, 0.5) is 0 Å². The Kier molecular flexibility index (Phi) is 3.58. The number of likely N-dealkylation sites (tertiary alicyclic amines) is 1. The molecule has 2 aromatic heterocycles. The fourth-order valence-electron chi connectivity index (χ4n) is 2.55. The van der Waals surface area contributed by atoms with Gasteiger partial charge in [-0.05, 0) is 18.4 Å². The highest BCUT2D eigenvalue weighted by Crippen LogP contribution is 2.24. The molecule has 2 atom stereocenters. The molecule has 106 valence electrons. The zero-order valence-electron chi connectivity index (χ0n) is 11.2. The number of amides is 1. The minimum Gasteiger partial charge on any atom is -0.391 e. The second-order valence-electron chi connectivity index (χ2n) is 5.15. The highest BCUT2D eigenvalue weighted by atomic mass is 32.1. The number of hydrogen-bond donors (Lipinski definition) is 1. The van der Waals surface area contributed by atoms with E-state index in [0.717, 1.165) is 11.5 Å². The maximum Gasteiger partial charge on any atom is 0.264 e. The maximum atomic E-state index is 12.2. The van der Waals surface area contributed by atoms with Crippen LogP contribution in [0.5, 0.6) is 0 Å². The van der Waals surface area contributed by atoms with E-state index in [1.165, 1.54) is 11.3 Å². The number of nitrogens with zero attached hydrogens (tertiary/aromatic N) is 2. The summed E-state index contributed by atoms with van der Waals surface area (Å²) in [4.78, 5) is 14.7. The molecule has 6 heteroatoms. The lowest BCUT2D eigenvalue weighted by Crippen LogP contribution is -2.28. The van der Waals surface area contributed by atoms with Crippen molar-refractivity contribution in [3.8, 4) is 0 Å². The molecule has 3 rings (SSSR count). The summed E-state index contributed by atoms with van der Waals surface area (Å²) in [7, 11) is 0. The number of carbonyl (C=O) groups excluding carboxylic acids is 1. The summed E-state index contributed by atoms with van der Waals surface area (Å²) in [6, 6.07) is 5.54. The number of aliphatic hydroxyl groups is 1. The standard InChI is InChI=1S/C14H16N2O3S/c1-9-5-11(19-15-9)6-10-7-16(8-12(10)17)14(18)13-3-2-4-20-13/h2-5,10,12,17H,6-8H2,1H3/t10-,12+/m1/s1. The smallest absolute Gasteiger partial charge is 0.264 e. The zero-order chi connectivity index (χ0) is 14.1. The highest BCUT2D eigenvalue weighted by Gasteiger charge is 2.35. The number of aliphatic hydroxyl groups excluding tert-OH is 1. The van der Waals surface area contributed by atoms with Crippen LogP contribution in [0.15, 0.2) is 28.1 Å². The molecular formula is C14H16N2O3S. The third kappa shape index (κ3) is 2.62. The molecule has 0 bridgehead atoms. The van der Waals surface area contributed by atoms with E-state index in [2.05, 4.69) is 5.16 Å². The van der Waals surface area contributed by atoms with Crippen LogP contribution in [0.3, 0.4) is 0 Å². The van der Waals surface area contributed by atoms with E-state index in [-0.39, 0.29) is 11.8 Å². The fraction of sp³-hybridized carbons (Fsp3) is 0.429. The molecule has 1 aliphatic heterocycles. The Balaban J connectivity index is 1.66. The Hall–Kier alpha value is -1.66. The van der Waals surface area contributed by atoms with Crippen molar-refractivity contribution in [1.82, 2.24) is 10.1 Å². The molecule has 0 spiro atoms. The van der Waals surface area contributed by atoms with Gasteiger partial charge in [0.05, 0.1) is 16.7 Å². The van der Waals surface area contributed by atoms with Crippen molar-refractivity contribution in [1.29, 1.82) is 0 Å². The molecular weight excluding hydrogens is 276 g/mol. The maximum absolute atomic E-state index is 12.2. The van der Waals surface area contributed by atoms with Crippen LogP contribution >= 0.6 is 11.3 Å². The van der Waals surface area contributed by atoms with Gasteiger partial charge in [-0.1, -0.05) is 11.2 Å². The van der Waals surface area contributed by atoms with Gasteiger partial charge in [0.1, 0.15) is 5.76 Å². The molecule has 2 aromatic rings. The summed E-state index contributed by atoms with van der Waals surface area (Å²) in [5.41, 5.74) is 0.832. The molecule has 0 radical (unpaired) electrons. The van der Waals surface area contributed by atoms with Gasteiger partial charge in [-0.2, -0.15) is 0 Å². The van der Waals surface area contributed by atoms with Crippen LogP contribution in [0.1, 0.15) is 21.1 Å². The molecule has 1 saturated heterocycles. The third-order valence-electron chi connectivity index (χ3n) is 3.57. The average molecular weight is 292 g/mol. The van der Waals surface area contributed by atoms with Gasteiger partial charge in [0.15, 0.2) is 0 Å². The number of rotatable bonds is 3. The molecule has 1 N–H and O–H groups in total. The first-order chi connectivity index (χ1) is 9.63. The van der Waals surface area contributed by atoms with E-state index in [0.29, 0.717) is 24.4 Å². The quantitative estimate of drug-likeness (QED) is 0.935. The lowest BCUT2D eigenvalue weighted by atomic mass is 10.0. The van der Waals surface area contributed by atoms with Crippen LogP contribution in [0.25, 0.3) is 0 Å². The molecule has 1 aliphatic rings. The van der Waals surface area contributed by atoms with Gasteiger partial charge in [-0.3, -0.25) is 4.79 Å². The van der Waals surface area contributed by atoms with Crippen molar-refractivity contribution in [2.24, 2.45) is 5.92 Å². The average Bonchev–Trinajstić information content (AvgIpc) is 3.12. The van der Waals surface area contributed by atoms with Crippen LogP contribution in [0, 0.1) is 12.8 Å². The molecule has 0 aliphatic carbocycles. The topological polar surface area (TPSA) is 66.6 Å². The van der Waals surface area contributed by atoms with Crippen LogP contribution in [0.2, 0.25) is 0 Å².